The molecule has 0 N–H and O–H groups in total. The van der Waals surface area contributed by atoms with Crippen LogP contribution in [0.15, 0.2) is 11.7 Å². The number of Topliss-reactive ketones (excluding diaryl/α,β-unsaturated/α-hetero) is 1. The normalized spacial score (nSPS) is 13.1. The van der Waals surface area contributed by atoms with Gasteiger partial charge in [-0.05, 0) is 12.8 Å². The number of carbonyl (C=O) groups excluding carboxylic acids is 1. The summed E-state index contributed by atoms with van der Waals surface area (Å²) in [6, 6.07) is 0. The lowest BCUT2D eigenvalue weighted by atomic mass is 10.0. The highest BCUT2D eigenvalue weighted by molar-refractivity contribution is 7.09. The first-order chi connectivity index (χ1) is 7.15. The number of aromatic nitrogens is 1. The quantitative estimate of drug-likeness (QED) is 0.748. The predicted molar refractivity (Wildman–Crippen MR) is 61.1 cm³/mol. The standard InChI is InChI=1S/C11H17NO2S/c1-4-14-11(8(2)3)10(13)5-9-6-12-7-15-9/h6-8,11H,4-5H2,1-3H3. The summed E-state index contributed by atoms with van der Waals surface area (Å²) in [5, 5.41) is 0. The van der Waals surface area contributed by atoms with Crippen LogP contribution in [0.1, 0.15) is 25.6 Å². The molecular weight excluding hydrogens is 210 g/mol. The maximum Gasteiger partial charge on any atom is 0.167 e. The molecule has 0 aliphatic rings. The maximum atomic E-state index is 11.9. The zero-order valence-electron chi connectivity index (χ0n) is 9.40. The fourth-order valence-electron chi connectivity index (χ4n) is 1.44. The predicted octanol–water partition coefficient (Wildman–Crippen LogP) is 2.32. The Balaban J connectivity index is 2.56. The summed E-state index contributed by atoms with van der Waals surface area (Å²) in [6.45, 7) is 6.50. The Morgan fingerprint density at radius 2 is 2.33 bits per heavy atom. The van der Waals surface area contributed by atoms with Crippen LogP contribution in [0.25, 0.3) is 0 Å². The molecule has 1 aromatic heterocycles. The Labute approximate surface area is 94.5 Å². The molecule has 0 aliphatic carbocycles. The van der Waals surface area contributed by atoms with Crippen molar-refractivity contribution < 1.29 is 9.53 Å². The van der Waals surface area contributed by atoms with Crippen LogP contribution in [0.3, 0.4) is 0 Å². The van der Waals surface area contributed by atoms with Crippen molar-refractivity contribution in [3.8, 4) is 0 Å². The fourth-order valence-corrected chi connectivity index (χ4v) is 2.04. The van der Waals surface area contributed by atoms with E-state index in [1.54, 1.807) is 11.7 Å². The number of hydrogen-bond acceptors (Lipinski definition) is 4. The van der Waals surface area contributed by atoms with E-state index in [-0.39, 0.29) is 17.8 Å². The third kappa shape index (κ3) is 3.72. The van der Waals surface area contributed by atoms with Gasteiger partial charge >= 0.3 is 0 Å². The summed E-state index contributed by atoms with van der Waals surface area (Å²) in [4.78, 5) is 16.9. The number of hydrogen-bond donors (Lipinski definition) is 0. The molecule has 1 unspecified atom stereocenters. The van der Waals surface area contributed by atoms with Gasteiger partial charge in [-0.2, -0.15) is 0 Å². The van der Waals surface area contributed by atoms with Crippen LogP contribution in [-0.4, -0.2) is 23.5 Å². The van der Waals surface area contributed by atoms with Gasteiger partial charge in [-0.25, -0.2) is 0 Å². The van der Waals surface area contributed by atoms with E-state index in [0.717, 1.165) is 4.88 Å². The van der Waals surface area contributed by atoms with Crippen LogP contribution in [0.5, 0.6) is 0 Å². The molecule has 84 valence electrons. The van der Waals surface area contributed by atoms with Crippen molar-refractivity contribution in [3.05, 3.63) is 16.6 Å². The summed E-state index contributed by atoms with van der Waals surface area (Å²) in [6.07, 6.45) is 1.90. The molecule has 1 rings (SSSR count). The Hall–Kier alpha value is -0.740. The molecule has 1 heterocycles. The molecule has 1 atom stereocenters. The molecule has 0 aliphatic heterocycles. The Morgan fingerprint density at radius 1 is 1.60 bits per heavy atom. The second-order valence-corrected chi connectivity index (χ2v) is 4.70. The molecule has 0 saturated carbocycles. The average molecular weight is 227 g/mol. The number of thiazole rings is 1. The van der Waals surface area contributed by atoms with E-state index in [9.17, 15) is 4.79 Å². The summed E-state index contributed by atoms with van der Waals surface area (Å²) in [5.74, 6) is 0.376. The smallest absolute Gasteiger partial charge is 0.167 e. The summed E-state index contributed by atoms with van der Waals surface area (Å²) in [7, 11) is 0. The number of carbonyl (C=O) groups is 1. The van der Waals surface area contributed by atoms with Crippen LogP contribution in [-0.2, 0) is 16.0 Å². The molecule has 0 saturated heterocycles. The van der Waals surface area contributed by atoms with Gasteiger partial charge in [0.15, 0.2) is 5.78 Å². The van der Waals surface area contributed by atoms with Crippen molar-refractivity contribution in [2.45, 2.75) is 33.3 Å². The number of nitrogens with zero attached hydrogens (tertiary/aromatic N) is 1. The minimum atomic E-state index is -0.280. The zero-order chi connectivity index (χ0) is 11.3. The van der Waals surface area contributed by atoms with Gasteiger partial charge in [0.05, 0.1) is 5.51 Å². The van der Waals surface area contributed by atoms with Gasteiger partial charge < -0.3 is 4.74 Å². The van der Waals surface area contributed by atoms with Crippen molar-refractivity contribution in [3.63, 3.8) is 0 Å². The SMILES string of the molecule is CCOC(C(=O)Cc1cncs1)C(C)C. The lowest BCUT2D eigenvalue weighted by Gasteiger charge is -2.18. The third-order valence-electron chi connectivity index (χ3n) is 2.10. The lowest BCUT2D eigenvalue weighted by Crippen LogP contribution is -2.30. The van der Waals surface area contributed by atoms with Crippen molar-refractivity contribution in [2.75, 3.05) is 6.61 Å². The highest BCUT2D eigenvalue weighted by atomic mass is 32.1. The van der Waals surface area contributed by atoms with Crippen molar-refractivity contribution in [1.82, 2.24) is 4.98 Å². The second-order valence-electron chi connectivity index (χ2n) is 3.73. The van der Waals surface area contributed by atoms with Crippen molar-refractivity contribution in [1.29, 1.82) is 0 Å². The third-order valence-corrected chi connectivity index (χ3v) is 2.88. The van der Waals surface area contributed by atoms with E-state index in [2.05, 4.69) is 4.98 Å². The topological polar surface area (TPSA) is 39.2 Å². The number of rotatable bonds is 6. The number of ether oxygens (including phenoxy) is 1. The summed E-state index contributed by atoms with van der Waals surface area (Å²) >= 11 is 1.51. The zero-order valence-corrected chi connectivity index (χ0v) is 10.2. The molecule has 3 nitrogen and oxygen atoms in total. The molecular formula is C11H17NO2S. The molecule has 0 amide bonds. The van der Waals surface area contributed by atoms with Crippen LogP contribution in [0, 0.1) is 5.92 Å². The van der Waals surface area contributed by atoms with Crippen molar-refractivity contribution >= 4 is 17.1 Å². The van der Waals surface area contributed by atoms with E-state index in [0.29, 0.717) is 13.0 Å². The number of ketones is 1. The minimum absolute atomic E-state index is 0.149. The first-order valence-corrected chi connectivity index (χ1v) is 6.04. The molecule has 15 heavy (non-hydrogen) atoms. The molecule has 0 aromatic carbocycles. The lowest BCUT2D eigenvalue weighted by molar-refractivity contribution is -0.132. The highest BCUT2D eigenvalue weighted by Gasteiger charge is 2.22. The molecule has 1 aromatic rings. The van der Waals surface area contributed by atoms with Gasteiger partial charge in [0.2, 0.25) is 0 Å². The monoisotopic (exact) mass is 227 g/mol. The van der Waals surface area contributed by atoms with Crippen LogP contribution in [0.2, 0.25) is 0 Å². The largest absolute Gasteiger partial charge is 0.370 e. The van der Waals surface area contributed by atoms with Crippen molar-refractivity contribution in [2.24, 2.45) is 5.92 Å². The van der Waals surface area contributed by atoms with Crippen LogP contribution >= 0.6 is 11.3 Å². The van der Waals surface area contributed by atoms with Crippen LogP contribution < -0.4 is 0 Å². The Morgan fingerprint density at radius 3 is 2.80 bits per heavy atom. The van der Waals surface area contributed by atoms with Gasteiger partial charge in [-0.3, -0.25) is 9.78 Å². The second kappa shape index (κ2) is 5.98. The first-order valence-electron chi connectivity index (χ1n) is 5.16. The van der Waals surface area contributed by atoms with Gasteiger partial charge in [0.1, 0.15) is 6.10 Å². The van der Waals surface area contributed by atoms with Gasteiger partial charge in [-0.1, -0.05) is 13.8 Å². The average Bonchev–Trinajstić information content (AvgIpc) is 2.65. The Bertz CT molecular complexity index is 296. The van der Waals surface area contributed by atoms with Gasteiger partial charge in [0, 0.05) is 24.1 Å². The van der Waals surface area contributed by atoms with Crippen LogP contribution in [0.4, 0.5) is 0 Å². The molecule has 4 heteroatoms. The fraction of sp³-hybridized carbons (Fsp3) is 0.636. The van der Waals surface area contributed by atoms with Gasteiger partial charge in [-0.15, -0.1) is 11.3 Å². The Kier molecular flexibility index (Phi) is 4.91. The summed E-state index contributed by atoms with van der Waals surface area (Å²) < 4.78 is 5.45. The van der Waals surface area contributed by atoms with E-state index >= 15 is 0 Å². The molecule has 0 radical (unpaired) electrons. The molecule has 0 bridgehead atoms. The van der Waals surface area contributed by atoms with E-state index in [4.69, 9.17) is 4.74 Å². The van der Waals surface area contributed by atoms with E-state index in [1.807, 2.05) is 20.8 Å². The van der Waals surface area contributed by atoms with Gasteiger partial charge in [0.25, 0.3) is 0 Å². The van der Waals surface area contributed by atoms with E-state index in [1.165, 1.54) is 11.3 Å². The molecule has 0 fully saturated rings. The van der Waals surface area contributed by atoms with E-state index < -0.39 is 0 Å². The maximum absolute atomic E-state index is 11.9. The minimum Gasteiger partial charge on any atom is -0.370 e. The first kappa shape index (κ1) is 12.3. The summed E-state index contributed by atoms with van der Waals surface area (Å²) in [5.41, 5.74) is 1.74. The highest BCUT2D eigenvalue weighted by Crippen LogP contribution is 2.13. The molecule has 0 spiro atoms.